The predicted molar refractivity (Wildman–Crippen MR) is 91.0 cm³/mol. The molecule has 2 aromatic rings. The Labute approximate surface area is 140 Å². The second-order valence-corrected chi connectivity index (χ2v) is 6.06. The molecule has 3 rings (SSSR count). The van der Waals surface area contributed by atoms with E-state index in [-0.39, 0.29) is 0 Å². The summed E-state index contributed by atoms with van der Waals surface area (Å²) < 4.78 is 5.31. The third kappa shape index (κ3) is 3.47. The number of carbonyl (C=O) groups is 2. The number of hydrogen-bond acceptors (Lipinski definition) is 4. The molecule has 24 heavy (non-hydrogen) atoms. The quantitative estimate of drug-likeness (QED) is 0.822. The fourth-order valence-corrected chi connectivity index (χ4v) is 3.37. The van der Waals surface area contributed by atoms with Crippen molar-refractivity contribution in [1.29, 1.82) is 0 Å². The molecule has 0 bridgehead atoms. The number of hydrogen-bond donors (Lipinski definition) is 1. The topological polar surface area (TPSA) is 66.8 Å². The number of ether oxygens (including phenoxy) is 1. The number of carboxylic acid groups (broad SMARTS) is 1. The number of fused-ring (bicyclic) bond motifs is 1. The molecule has 0 spiro atoms. The van der Waals surface area contributed by atoms with E-state index in [1.165, 1.54) is 0 Å². The van der Waals surface area contributed by atoms with Crippen molar-refractivity contribution in [2.45, 2.75) is 12.5 Å². The first-order valence-corrected chi connectivity index (χ1v) is 8.17. The monoisotopic (exact) mass is 327 g/mol. The molecule has 1 aliphatic heterocycles. The minimum Gasteiger partial charge on any atom is -0.481 e. The number of benzene rings is 2. The Morgan fingerprint density at radius 2 is 1.88 bits per heavy atom. The molecular formula is C19H21NO4. The molecule has 1 fully saturated rings. The van der Waals surface area contributed by atoms with Crippen molar-refractivity contribution in [3.63, 3.8) is 0 Å². The van der Waals surface area contributed by atoms with Gasteiger partial charge in [-0.3, -0.25) is 9.69 Å². The van der Waals surface area contributed by atoms with Crippen molar-refractivity contribution in [2.24, 2.45) is 5.92 Å². The van der Waals surface area contributed by atoms with Crippen LogP contribution in [0, 0.1) is 5.92 Å². The largest absolute Gasteiger partial charge is 0.481 e. The van der Waals surface area contributed by atoms with Crippen LogP contribution in [0.1, 0.15) is 5.56 Å². The van der Waals surface area contributed by atoms with E-state index in [0.717, 1.165) is 22.6 Å². The van der Waals surface area contributed by atoms with E-state index in [9.17, 15) is 14.7 Å². The molecule has 0 radical (unpaired) electrons. The van der Waals surface area contributed by atoms with Crippen molar-refractivity contribution in [3.8, 4) is 0 Å². The van der Waals surface area contributed by atoms with Crippen LogP contribution in [-0.4, -0.2) is 54.6 Å². The Bertz CT molecular complexity index is 719. The summed E-state index contributed by atoms with van der Waals surface area (Å²) >= 11 is 0. The standard InChI is InChI=1S/C19H21NO4/c21-13-18(20-8-10-24-11-9-20)17(19(22)23)12-15-6-3-5-14-4-1-2-7-16(14)15/h1-7,13,17-18H,8-12H2,(H,22,23). The molecule has 0 aliphatic carbocycles. The number of aliphatic carboxylic acids is 1. The van der Waals surface area contributed by atoms with Crippen molar-refractivity contribution >= 4 is 23.0 Å². The minimum absolute atomic E-state index is 0.331. The molecule has 2 atom stereocenters. The Kier molecular flexibility index (Phi) is 5.23. The van der Waals surface area contributed by atoms with Crippen LogP contribution in [0.4, 0.5) is 0 Å². The average Bonchev–Trinajstić information content (AvgIpc) is 2.62. The summed E-state index contributed by atoms with van der Waals surface area (Å²) in [6, 6.07) is 13.2. The maximum atomic E-state index is 11.9. The van der Waals surface area contributed by atoms with Gasteiger partial charge in [0.05, 0.1) is 25.2 Å². The second-order valence-electron chi connectivity index (χ2n) is 6.06. The van der Waals surface area contributed by atoms with E-state index in [1.54, 1.807) is 0 Å². The molecule has 0 saturated carbocycles. The van der Waals surface area contributed by atoms with Gasteiger partial charge in [0, 0.05) is 13.1 Å². The van der Waals surface area contributed by atoms with Crippen LogP contribution in [0.3, 0.4) is 0 Å². The van der Waals surface area contributed by atoms with Crippen LogP contribution >= 0.6 is 0 Å². The fraction of sp³-hybridized carbons (Fsp3) is 0.368. The van der Waals surface area contributed by atoms with E-state index in [0.29, 0.717) is 32.7 Å². The van der Waals surface area contributed by atoms with Crippen LogP contribution in [0.15, 0.2) is 42.5 Å². The number of nitrogens with zero attached hydrogens (tertiary/aromatic N) is 1. The van der Waals surface area contributed by atoms with E-state index in [4.69, 9.17) is 4.74 Å². The number of rotatable bonds is 6. The lowest BCUT2D eigenvalue weighted by atomic mass is 9.89. The summed E-state index contributed by atoms with van der Waals surface area (Å²) in [6.07, 6.45) is 1.10. The Morgan fingerprint density at radius 1 is 1.17 bits per heavy atom. The summed E-state index contributed by atoms with van der Waals surface area (Å²) in [5.41, 5.74) is 0.959. The lowest BCUT2D eigenvalue weighted by molar-refractivity contribution is -0.147. The number of carboxylic acids is 1. The summed E-state index contributed by atoms with van der Waals surface area (Å²) in [5, 5.41) is 11.8. The highest BCUT2D eigenvalue weighted by atomic mass is 16.5. The van der Waals surface area contributed by atoms with Crippen LogP contribution < -0.4 is 0 Å². The van der Waals surface area contributed by atoms with Crippen molar-refractivity contribution in [1.82, 2.24) is 4.90 Å². The SMILES string of the molecule is O=CC(C(Cc1cccc2ccccc12)C(=O)O)N1CCOCC1. The molecule has 0 aromatic heterocycles. The van der Waals surface area contributed by atoms with Crippen LogP contribution in [0.25, 0.3) is 10.8 Å². The van der Waals surface area contributed by atoms with E-state index in [1.807, 2.05) is 47.4 Å². The Hall–Kier alpha value is -2.24. The molecule has 1 N–H and O–H groups in total. The molecule has 2 unspecified atom stereocenters. The van der Waals surface area contributed by atoms with Gasteiger partial charge in [-0.25, -0.2) is 0 Å². The zero-order valence-electron chi connectivity index (χ0n) is 13.4. The highest BCUT2D eigenvalue weighted by Gasteiger charge is 2.33. The first-order valence-electron chi connectivity index (χ1n) is 8.17. The summed E-state index contributed by atoms with van der Waals surface area (Å²) in [5.74, 6) is -1.71. The van der Waals surface area contributed by atoms with Crippen LogP contribution in [0.5, 0.6) is 0 Å². The smallest absolute Gasteiger partial charge is 0.308 e. The van der Waals surface area contributed by atoms with Gasteiger partial charge in [-0.1, -0.05) is 42.5 Å². The van der Waals surface area contributed by atoms with Gasteiger partial charge < -0.3 is 14.6 Å². The first-order chi connectivity index (χ1) is 11.7. The van der Waals surface area contributed by atoms with Gasteiger partial charge in [0.2, 0.25) is 0 Å². The van der Waals surface area contributed by atoms with Gasteiger partial charge in [0.25, 0.3) is 0 Å². The lowest BCUT2D eigenvalue weighted by Crippen LogP contribution is -2.50. The van der Waals surface area contributed by atoms with E-state index >= 15 is 0 Å². The highest BCUT2D eigenvalue weighted by Crippen LogP contribution is 2.24. The van der Waals surface area contributed by atoms with Gasteiger partial charge in [-0.15, -0.1) is 0 Å². The molecule has 0 amide bonds. The summed E-state index contributed by atoms with van der Waals surface area (Å²) in [6.45, 7) is 2.24. The highest BCUT2D eigenvalue weighted by molar-refractivity contribution is 5.86. The maximum Gasteiger partial charge on any atom is 0.308 e. The van der Waals surface area contributed by atoms with Gasteiger partial charge >= 0.3 is 5.97 Å². The number of carbonyl (C=O) groups excluding carboxylic acids is 1. The molecule has 2 aromatic carbocycles. The molecule has 5 nitrogen and oxygen atoms in total. The molecular weight excluding hydrogens is 306 g/mol. The van der Waals surface area contributed by atoms with Crippen molar-refractivity contribution in [2.75, 3.05) is 26.3 Å². The van der Waals surface area contributed by atoms with E-state index in [2.05, 4.69) is 0 Å². The third-order valence-corrected chi connectivity index (χ3v) is 4.66. The van der Waals surface area contributed by atoms with Crippen LogP contribution in [-0.2, 0) is 20.7 Å². The predicted octanol–water partition coefficient (Wildman–Crippen LogP) is 1.98. The fourth-order valence-electron chi connectivity index (χ4n) is 3.37. The average molecular weight is 327 g/mol. The normalized spacial score (nSPS) is 18.2. The summed E-state index contributed by atoms with van der Waals surface area (Å²) in [7, 11) is 0. The second kappa shape index (κ2) is 7.55. The Balaban J connectivity index is 1.90. The third-order valence-electron chi connectivity index (χ3n) is 4.66. The summed E-state index contributed by atoms with van der Waals surface area (Å²) in [4.78, 5) is 25.4. The molecule has 1 heterocycles. The molecule has 5 heteroatoms. The maximum absolute atomic E-state index is 11.9. The first kappa shape index (κ1) is 16.6. The zero-order valence-corrected chi connectivity index (χ0v) is 13.4. The Morgan fingerprint density at radius 3 is 2.58 bits per heavy atom. The van der Waals surface area contributed by atoms with Gasteiger partial charge in [-0.2, -0.15) is 0 Å². The molecule has 1 saturated heterocycles. The van der Waals surface area contributed by atoms with Gasteiger partial charge in [-0.05, 0) is 22.8 Å². The van der Waals surface area contributed by atoms with E-state index < -0.39 is 17.9 Å². The number of aldehydes is 1. The molecule has 126 valence electrons. The lowest BCUT2D eigenvalue weighted by Gasteiger charge is -2.34. The number of morpholine rings is 1. The van der Waals surface area contributed by atoms with Gasteiger partial charge in [0.15, 0.2) is 0 Å². The van der Waals surface area contributed by atoms with Gasteiger partial charge in [0.1, 0.15) is 6.29 Å². The van der Waals surface area contributed by atoms with Crippen molar-refractivity contribution in [3.05, 3.63) is 48.0 Å². The minimum atomic E-state index is -0.938. The zero-order chi connectivity index (χ0) is 16.9. The van der Waals surface area contributed by atoms with Crippen LogP contribution in [0.2, 0.25) is 0 Å². The molecule has 1 aliphatic rings. The van der Waals surface area contributed by atoms with Crippen molar-refractivity contribution < 1.29 is 19.4 Å².